The average molecular weight is 318 g/mol. The topological polar surface area (TPSA) is 81.4 Å². The lowest BCUT2D eigenvalue weighted by molar-refractivity contribution is -0.170. The number of amides is 1. The van der Waals surface area contributed by atoms with Crippen LogP contribution in [0.1, 0.15) is 48.0 Å². The monoisotopic (exact) mass is 318 g/mol. The molecule has 124 valence electrons. The summed E-state index contributed by atoms with van der Waals surface area (Å²) >= 11 is 0. The van der Waals surface area contributed by atoms with E-state index in [2.05, 4.69) is 5.32 Å². The highest BCUT2D eigenvalue weighted by atomic mass is 32.2. The summed E-state index contributed by atoms with van der Waals surface area (Å²) in [6.07, 6.45) is 0.545. The molecule has 0 aromatic carbocycles. The largest absolute Gasteiger partial charge is 0.378 e. The van der Waals surface area contributed by atoms with Crippen molar-refractivity contribution in [1.82, 2.24) is 5.32 Å². The fourth-order valence-electron chi connectivity index (χ4n) is 2.54. The molecular formula is C15H30N2O3S. The van der Waals surface area contributed by atoms with Crippen molar-refractivity contribution in [3.63, 3.8) is 0 Å². The zero-order chi connectivity index (χ0) is 16.5. The van der Waals surface area contributed by atoms with E-state index >= 15 is 0 Å². The third-order valence-electron chi connectivity index (χ3n) is 4.49. The first-order chi connectivity index (χ1) is 9.46. The first-order valence-electron chi connectivity index (χ1n) is 7.54. The van der Waals surface area contributed by atoms with Gasteiger partial charge in [0.15, 0.2) is 0 Å². The Balaban J connectivity index is 2.52. The quantitative estimate of drug-likeness (QED) is 0.770. The lowest BCUT2D eigenvalue weighted by Gasteiger charge is -2.57. The van der Waals surface area contributed by atoms with Crippen LogP contribution in [-0.4, -0.2) is 45.4 Å². The number of hydrogen-bond acceptors (Lipinski definition) is 4. The van der Waals surface area contributed by atoms with Crippen LogP contribution in [0.25, 0.3) is 0 Å². The highest BCUT2D eigenvalue weighted by Gasteiger charge is 2.62. The first kappa shape index (κ1) is 18.6. The number of nitrogens with one attached hydrogen (secondary N) is 1. The van der Waals surface area contributed by atoms with Gasteiger partial charge in [-0.05, 0) is 27.7 Å². The van der Waals surface area contributed by atoms with Gasteiger partial charge in [0.25, 0.3) is 0 Å². The van der Waals surface area contributed by atoms with Crippen molar-refractivity contribution in [2.24, 2.45) is 11.1 Å². The minimum atomic E-state index is -0.974. The number of rotatable bonds is 6. The molecule has 0 aliphatic heterocycles. The van der Waals surface area contributed by atoms with Gasteiger partial charge in [0.1, 0.15) is 5.54 Å². The molecule has 6 heteroatoms. The molecule has 21 heavy (non-hydrogen) atoms. The Hall–Kier alpha value is -0.460. The van der Waals surface area contributed by atoms with Crippen LogP contribution in [-0.2, 0) is 20.3 Å². The Bertz CT molecular complexity index is 418. The summed E-state index contributed by atoms with van der Waals surface area (Å²) in [5.74, 6) is 0.273. The zero-order valence-corrected chi connectivity index (χ0v) is 14.9. The smallest absolute Gasteiger partial charge is 0.240 e. The maximum atomic E-state index is 12.4. The molecule has 5 nitrogen and oxygen atoms in total. The average Bonchev–Trinajstić information content (AvgIpc) is 2.36. The van der Waals surface area contributed by atoms with E-state index in [1.807, 2.05) is 41.5 Å². The molecule has 3 N–H and O–H groups in total. The maximum absolute atomic E-state index is 12.4. The van der Waals surface area contributed by atoms with Crippen molar-refractivity contribution in [2.75, 3.05) is 18.9 Å². The summed E-state index contributed by atoms with van der Waals surface area (Å²) in [6.45, 7) is 12.7. The third-order valence-corrected chi connectivity index (χ3v) is 6.43. The lowest BCUT2D eigenvalue weighted by atomic mass is 9.54. The van der Waals surface area contributed by atoms with E-state index in [1.165, 1.54) is 0 Å². The van der Waals surface area contributed by atoms with Crippen LogP contribution in [0.5, 0.6) is 0 Å². The van der Waals surface area contributed by atoms with E-state index < -0.39 is 21.8 Å². The second kappa shape index (κ2) is 6.34. The Morgan fingerprint density at radius 1 is 1.43 bits per heavy atom. The second-order valence-electron chi connectivity index (χ2n) is 7.26. The Morgan fingerprint density at radius 2 is 2.00 bits per heavy atom. The molecule has 0 heterocycles. The molecule has 0 aromatic heterocycles. The fourth-order valence-corrected chi connectivity index (χ4v) is 3.44. The molecule has 1 fully saturated rings. The highest BCUT2D eigenvalue weighted by Crippen LogP contribution is 2.49. The molecule has 3 atom stereocenters. The molecule has 3 unspecified atom stereocenters. The van der Waals surface area contributed by atoms with Crippen LogP contribution in [0.15, 0.2) is 0 Å². The molecule has 0 bridgehead atoms. The number of nitrogens with two attached hydrogens (primary N) is 1. The summed E-state index contributed by atoms with van der Waals surface area (Å²) in [4.78, 5) is 12.4. The van der Waals surface area contributed by atoms with Crippen molar-refractivity contribution >= 4 is 16.7 Å². The van der Waals surface area contributed by atoms with Gasteiger partial charge in [-0.1, -0.05) is 13.8 Å². The molecule has 1 aliphatic carbocycles. The molecular weight excluding hydrogens is 288 g/mol. The molecule has 0 saturated heterocycles. The number of ether oxygens (including phenoxy) is 1. The van der Waals surface area contributed by atoms with Gasteiger partial charge in [-0.25, -0.2) is 0 Å². The summed E-state index contributed by atoms with van der Waals surface area (Å²) in [7, 11) is -0.974. The number of hydrogen-bond donors (Lipinski definition) is 2. The van der Waals surface area contributed by atoms with Crippen LogP contribution >= 0.6 is 0 Å². The minimum Gasteiger partial charge on any atom is -0.378 e. The SMILES string of the molecule is CCOC1CC(N)(C(=O)NCCS(=O)C(C)(C)C)C1(C)C. The standard InChI is InChI=1S/C15H30N2O3S/c1-7-20-11-10-15(16,14(11,5)6)12(18)17-8-9-21(19)13(2,3)4/h11H,7-10,16H2,1-6H3,(H,17,18). The van der Waals surface area contributed by atoms with Crippen molar-refractivity contribution in [3.8, 4) is 0 Å². The lowest BCUT2D eigenvalue weighted by Crippen LogP contribution is -2.75. The van der Waals surface area contributed by atoms with Crippen LogP contribution in [0.2, 0.25) is 0 Å². The third kappa shape index (κ3) is 3.66. The minimum absolute atomic E-state index is 0.0157. The van der Waals surface area contributed by atoms with Crippen LogP contribution < -0.4 is 11.1 Å². The molecule has 0 spiro atoms. The predicted octanol–water partition coefficient (Wildman–Crippen LogP) is 1.18. The van der Waals surface area contributed by atoms with E-state index in [9.17, 15) is 9.00 Å². The molecule has 1 aliphatic rings. The van der Waals surface area contributed by atoms with Gasteiger partial charge in [-0.3, -0.25) is 9.00 Å². The summed E-state index contributed by atoms with van der Waals surface area (Å²) < 4.78 is 17.3. The molecule has 1 amide bonds. The number of carbonyl (C=O) groups is 1. The maximum Gasteiger partial charge on any atom is 0.240 e. The summed E-state index contributed by atoms with van der Waals surface area (Å²) in [6, 6.07) is 0. The Labute approximate surface area is 130 Å². The Morgan fingerprint density at radius 3 is 2.43 bits per heavy atom. The normalized spacial score (nSPS) is 29.6. The van der Waals surface area contributed by atoms with Crippen molar-refractivity contribution in [2.45, 2.75) is 64.4 Å². The van der Waals surface area contributed by atoms with Crippen LogP contribution in [0.4, 0.5) is 0 Å². The van der Waals surface area contributed by atoms with Crippen molar-refractivity contribution in [1.29, 1.82) is 0 Å². The van der Waals surface area contributed by atoms with Gasteiger partial charge in [0.05, 0.1) is 6.10 Å². The Kier molecular flexibility index (Phi) is 5.61. The van der Waals surface area contributed by atoms with E-state index in [4.69, 9.17) is 10.5 Å². The molecule has 0 radical (unpaired) electrons. The summed E-state index contributed by atoms with van der Waals surface area (Å²) in [5.41, 5.74) is 4.98. The van der Waals surface area contributed by atoms with Crippen LogP contribution in [0, 0.1) is 5.41 Å². The van der Waals surface area contributed by atoms with Crippen LogP contribution in [0.3, 0.4) is 0 Å². The number of carbonyl (C=O) groups excluding carboxylic acids is 1. The van der Waals surface area contributed by atoms with Gasteiger partial charge in [-0.15, -0.1) is 0 Å². The first-order valence-corrected chi connectivity index (χ1v) is 8.86. The molecule has 1 rings (SSSR count). The summed E-state index contributed by atoms with van der Waals surface area (Å²) in [5, 5.41) is 2.83. The molecule has 1 saturated carbocycles. The van der Waals surface area contributed by atoms with Crippen molar-refractivity contribution in [3.05, 3.63) is 0 Å². The zero-order valence-electron chi connectivity index (χ0n) is 14.1. The highest BCUT2D eigenvalue weighted by molar-refractivity contribution is 7.86. The fraction of sp³-hybridized carbons (Fsp3) is 0.933. The molecule has 0 aromatic rings. The van der Waals surface area contributed by atoms with Gasteiger partial charge in [0, 0.05) is 46.3 Å². The van der Waals surface area contributed by atoms with E-state index in [-0.39, 0.29) is 16.8 Å². The van der Waals surface area contributed by atoms with E-state index in [0.29, 0.717) is 25.3 Å². The van der Waals surface area contributed by atoms with Crippen molar-refractivity contribution < 1.29 is 13.7 Å². The van der Waals surface area contributed by atoms with Gasteiger partial charge >= 0.3 is 0 Å². The van der Waals surface area contributed by atoms with Gasteiger partial charge in [-0.2, -0.15) is 0 Å². The van der Waals surface area contributed by atoms with E-state index in [0.717, 1.165) is 0 Å². The predicted molar refractivity (Wildman–Crippen MR) is 86.5 cm³/mol. The van der Waals surface area contributed by atoms with Gasteiger partial charge < -0.3 is 15.8 Å². The van der Waals surface area contributed by atoms with E-state index in [1.54, 1.807) is 0 Å². The second-order valence-corrected chi connectivity index (χ2v) is 9.58. The van der Waals surface area contributed by atoms with Gasteiger partial charge in [0.2, 0.25) is 5.91 Å².